The van der Waals surface area contributed by atoms with Gasteiger partial charge in [0.05, 0.1) is 34.7 Å². The van der Waals surface area contributed by atoms with Crippen molar-refractivity contribution < 1.29 is 18.4 Å². The minimum absolute atomic E-state index is 0.0143. The Labute approximate surface area is 177 Å². The van der Waals surface area contributed by atoms with Gasteiger partial charge in [-0.3, -0.25) is 9.59 Å². The Kier molecular flexibility index (Phi) is 5.37. The average molecular weight is 422 g/mol. The maximum atomic E-state index is 14.3. The molecule has 2 heterocycles. The van der Waals surface area contributed by atoms with E-state index in [9.17, 15) is 18.4 Å². The molecule has 6 nitrogen and oxygen atoms in total. The van der Waals surface area contributed by atoms with E-state index in [1.54, 1.807) is 24.3 Å². The van der Waals surface area contributed by atoms with Gasteiger partial charge in [-0.05, 0) is 56.3 Å². The Morgan fingerprint density at radius 3 is 2.39 bits per heavy atom. The number of halogens is 2. The fourth-order valence-electron chi connectivity index (χ4n) is 3.41. The summed E-state index contributed by atoms with van der Waals surface area (Å²) in [6.45, 7) is 3.92. The number of hydrogen-bond donors (Lipinski definition) is 3. The number of nitrogens with one attached hydrogen (secondary N) is 3. The third kappa shape index (κ3) is 4.09. The zero-order valence-electron chi connectivity index (χ0n) is 16.9. The summed E-state index contributed by atoms with van der Waals surface area (Å²) in [7, 11) is 0. The molecule has 158 valence electrons. The SMILES string of the molecule is CC(C)NC(=O)c1ccc(Nc2cc(-c3c(F)cccc3F)nc3c2C(=O)NC3)cc1. The van der Waals surface area contributed by atoms with Crippen molar-refractivity contribution in [3.05, 3.63) is 77.0 Å². The van der Waals surface area contributed by atoms with Crippen molar-refractivity contribution in [3.8, 4) is 11.3 Å². The van der Waals surface area contributed by atoms with Crippen LogP contribution in [0.1, 0.15) is 40.3 Å². The molecule has 1 aromatic heterocycles. The Hall–Kier alpha value is -3.81. The van der Waals surface area contributed by atoms with Crippen LogP contribution in [0.5, 0.6) is 0 Å². The molecule has 1 aliphatic rings. The summed E-state index contributed by atoms with van der Waals surface area (Å²) in [6, 6.07) is 11.7. The van der Waals surface area contributed by atoms with Crippen molar-refractivity contribution in [3.63, 3.8) is 0 Å². The van der Waals surface area contributed by atoms with Crippen molar-refractivity contribution >= 4 is 23.2 Å². The van der Waals surface area contributed by atoms with Gasteiger partial charge in [0, 0.05) is 17.3 Å². The third-order valence-electron chi connectivity index (χ3n) is 4.80. The Morgan fingerprint density at radius 2 is 1.74 bits per heavy atom. The minimum Gasteiger partial charge on any atom is -0.355 e. The highest BCUT2D eigenvalue weighted by molar-refractivity contribution is 6.04. The summed E-state index contributed by atoms with van der Waals surface area (Å²) in [6.07, 6.45) is 0. The summed E-state index contributed by atoms with van der Waals surface area (Å²) < 4.78 is 28.6. The van der Waals surface area contributed by atoms with Crippen LogP contribution in [0, 0.1) is 11.6 Å². The molecule has 1 aliphatic heterocycles. The second-order valence-electron chi connectivity index (χ2n) is 7.49. The van der Waals surface area contributed by atoms with Crippen LogP contribution < -0.4 is 16.0 Å². The van der Waals surface area contributed by atoms with Crippen molar-refractivity contribution in [2.75, 3.05) is 5.32 Å². The highest BCUT2D eigenvalue weighted by Crippen LogP contribution is 2.33. The number of carbonyl (C=O) groups is 2. The summed E-state index contributed by atoms with van der Waals surface area (Å²) in [5, 5.41) is 8.61. The van der Waals surface area contributed by atoms with Crippen LogP contribution in [-0.4, -0.2) is 22.8 Å². The first-order chi connectivity index (χ1) is 14.8. The molecule has 0 atom stereocenters. The van der Waals surface area contributed by atoms with Crippen LogP contribution in [0.2, 0.25) is 0 Å². The van der Waals surface area contributed by atoms with E-state index in [1.807, 2.05) is 13.8 Å². The smallest absolute Gasteiger partial charge is 0.255 e. The van der Waals surface area contributed by atoms with Crippen LogP contribution >= 0.6 is 0 Å². The molecule has 0 saturated heterocycles. The van der Waals surface area contributed by atoms with E-state index in [0.717, 1.165) is 12.1 Å². The van der Waals surface area contributed by atoms with Gasteiger partial charge < -0.3 is 16.0 Å². The number of hydrogen-bond acceptors (Lipinski definition) is 4. The van der Waals surface area contributed by atoms with Gasteiger partial charge in [0.1, 0.15) is 11.6 Å². The average Bonchev–Trinajstić information content (AvgIpc) is 3.09. The van der Waals surface area contributed by atoms with Crippen molar-refractivity contribution in [2.24, 2.45) is 0 Å². The third-order valence-corrected chi connectivity index (χ3v) is 4.80. The Balaban J connectivity index is 1.71. The second kappa shape index (κ2) is 8.14. The highest BCUT2D eigenvalue weighted by atomic mass is 19.1. The summed E-state index contributed by atoms with van der Waals surface area (Å²) >= 11 is 0. The molecule has 3 N–H and O–H groups in total. The number of anilines is 2. The molecular formula is C23H20F2N4O2. The lowest BCUT2D eigenvalue weighted by Gasteiger charge is -2.14. The number of aromatic nitrogens is 1. The van der Waals surface area contributed by atoms with Gasteiger partial charge in [0.25, 0.3) is 11.8 Å². The molecule has 0 fully saturated rings. The molecule has 8 heteroatoms. The maximum absolute atomic E-state index is 14.3. The lowest BCUT2D eigenvalue weighted by Crippen LogP contribution is -2.29. The van der Waals surface area contributed by atoms with E-state index in [0.29, 0.717) is 28.2 Å². The molecule has 0 bridgehead atoms. The molecule has 4 rings (SSSR count). The standard InChI is InChI=1S/C23H20F2N4O2/c1-12(2)27-22(30)13-6-8-14(9-7-13)28-18-10-17(20-15(24)4-3-5-16(20)25)29-19-11-26-23(31)21(18)19/h3-10,12H,11H2,1-2H3,(H,26,31)(H,27,30)(H,28,29). The largest absolute Gasteiger partial charge is 0.355 e. The van der Waals surface area contributed by atoms with Crippen molar-refractivity contribution in [1.82, 2.24) is 15.6 Å². The zero-order chi connectivity index (χ0) is 22.1. The van der Waals surface area contributed by atoms with Crippen LogP contribution in [-0.2, 0) is 6.54 Å². The molecule has 0 unspecified atom stereocenters. The first-order valence-electron chi connectivity index (χ1n) is 9.78. The first-order valence-corrected chi connectivity index (χ1v) is 9.78. The predicted molar refractivity (Wildman–Crippen MR) is 113 cm³/mol. The van der Waals surface area contributed by atoms with Crippen LogP contribution in [0.3, 0.4) is 0 Å². The number of rotatable bonds is 5. The van der Waals surface area contributed by atoms with E-state index in [-0.39, 0.29) is 35.7 Å². The molecule has 0 aliphatic carbocycles. The van der Waals surface area contributed by atoms with Gasteiger partial charge in [-0.15, -0.1) is 0 Å². The number of pyridine rings is 1. The summed E-state index contributed by atoms with van der Waals surface area (Å²) in [5.74, 6) is -1.99. The number of carbonyl (C=O) groups excluding carboxylic acids is 2. The normalized spacial score (nSPS) is 12.5. The van der Waals surface area contributed by atoms with Crippen LogP contribution in [0.4, 0.5) is 20.2 Å². The second-order valence-corrected chi connectivity index (χ2v) is 7.49. The quantitative estimate of drug-likeness (QED) is 0.577. The minimum atomic E-state index is -0.740. The number of amides is 2. The first kappa shape index (κ1) is 20.5. The van der Waals surface area contributed by atoms with Gasteiger partial charge in [-0.1, -0.05) is 6.07 Å². The van der Waals surface area contributed by atoms with Crippen LogP contribution in [0.25, 0.3) is 11.3 Å². The lowest BCUT2D eigenvalue weighted by molar-refractivity contribution is 0.0940. The van der Waals surface area contributed by atoms with E-state index < -0.39 is 11.6 Å². The van der Waals surface area contributed by atoms with Crippen LogP contribution in [0.15, 0.2) is 48.5 Å². The molecule has 3 aromatic rings. The van der Waals surface area contributed by atoms with E-state index in [4.69, 9.17) is 0 Å². The Morgan fingerprint density at radius 1 is 1.06 bits per heavy atom. The van der Waals surface area contributed by atoms with E-state index in [1.165, 1.54) is 12.1 Å². The summed E-state index contributed by atoms with van der Waals surface area (Å²) in [4.78, 5) is 28.7. The van der Waals surface area contributed by atoms with Gasteiger partial charge in [-0.2, -0.15) is 0 Å². The van der Waals surface area contributed by atoms with Crippen molar-refractivity contribution in [1.29, 1.82) is 0 Å². The van der Waals surface area contributed by atoms with Gasteiger partial charge in [-0.25, -0.2) is 13.8 Å². The lowest BCUT2D eigenvalue weighted by atomic mass is 10.1. The molecule has 0 saturated carbocycles. The monoisotopic (exact) mass is 422 g/mol. The highest BCUT2D eigenvalue weighted by Gasteiger charge is 2.27. The molecular weight excluding hydrogens is 402 g/mol. The number of fused-ring (bicyclic) bond motifs is 1. The zero-order valence-corrected chi connectivity index (χ0v) is 16.9. The Bertz CT molecular complexity index is 1160. The van der Waals surface area contributed by atoms with Gasteiger partial charge in [0.15, 0.2) is 0 Å². The van der Waals surface area contributed by atoms with E-state index >= 15 is 0 Å². The van der Waals surface area contributed by atoms with Gasteiger partial charge in [0.2, 0.25) is 0 Å². The molecule has 2 aromatic carbocycles. The molecule has 31 heavy (non-hydrogen) atoms. The number of benzene rings is 2. The predicted octanol–water partition coefficient (Wildman–Crippen LogP) is 4.15. The molecule has 2 amide bonds. The number of nitrogens with zero attached hydrogens (tertiary/aromatic N) is 1. The van der Waals surface area contributed by atoms with Crippen molar-refractivity contribution in [2.45, 2.75) is 26.4 Å². The van der Waals surface area contributed by atoms with E-state index in [2.05, 4.69) is 20.9 Å². The molecule has 0 radical (unpaired) electrons. The fourth-order valence-corrected chi connectivity index (χ4v) is 3.41. The maximum Gasteiger partial charge on any atom is 0.255 e. The van der Waals surface area contributed by atoms with Gasteiger partial charge >= 0.3 is 0 Å². The summed E-state index contributed by atoms with van der Waals surface area (Å²) in [5.41, 5.74) is 2.02. The molecule has 0 spiro atoms. The fraction of sp³-hybridized carbons (Fsp3) is 0.174. The topological polar surface area (TPSA) is 83.1 Å².